The van der Waals surface area contributed by atoms with Gasteiger partial charge in [0.2, 0.25) is 11.8 Å². The largest absolute Gasteiger partial charge is 0.339 e. The maximum absolute atomic E-state index is 12.4. The second-order valence-electron chi connectivity index (χ2n) is 5.79. The van der Waals surface area contributed by atoms with Crippen molar-refractivity contribution in [2.45, 2.75) is 25.8 Å². The number of piperazine rings is 1. The standard InChI is InChI=1S/C17H20N2O2S2/c1-13-12-18(16(20)10-14-4-2-8-22-14)6-7-19(13)17(21)11-15-5-3-9-23-15/h2-5,8-9,13H,6-7,10-12H2,1H3/t13-/m1/s1. The number of hydrogen-bond acceptors (Lipinski definition) is 4. The molecule has 2 aromatic heterocycles. The second kappa shape index (κ2) is 7.27. The van der Waals surface area contributed by atoms with Crippen LogP contribution in [0.5, 0.6) is 0 Å². The smallest absolute Gasteiger partial charge is 0.228 e. The molecule has 0 bridgehead atoms. The van der Waals surface area contributed by atoms with Crippen molar-refractivity contribution < 1.29 is 9.59 Å². The topological polar surface area (TPSA) is 40.6 Å². The van der Waals surface area contributed by atoms with Gasteiger partial charge in [0, 0.05) is 35.4 Å². The van der Waals surface area contributed by atoms with Crippen molar-refractivity contribution in [1.29, 1.82) is 0 Å². The van der Waals surface area contributed by atoms with Crippen molar-refractivity contribution in [2.24, 2.45) is 0 Å². The van der Waals surface area contributed by atoms with Crippen LogP contribution in [0.1, 0.15) is 16.7 Å². The average Bonchev–Trinajstić information content (AvgIpc) is 3.20. The lowest BCUT2D eigenvalue weighted by Gasteiger charge is -2.40. The van der Waals surface area contributed by atoms with Gasteiger partial charge < -0.3 is 9.80 Å². The summed E-state index contributed by atoms with van der Waals surface area (Å²) < 4.78 is 0. The Balaban J connectivity index is 1.54. The molecule has 0 aromatic carbocycles. The van der Waals surface area contributed by atoms with Crippen molar-refractivity contribution in [3.05, 3.63) is 44.8 Å². The summed E-state index contributed by atoms with van der Waals surface area (Å²) >= 11 is 3.23. The van der Waals surface area contributed by atoms with E-state index in [2.05, 4.69) is 0 Å². The van der Waals surface area contributed by atoms with Gasteiger partial charge in [0.1, 0.15) is 0 Å². The molecule has 1 aliphatic heterocycles. The van der Waals surface area contributed by atoms with Gasteiger partial charge in [0.25, 0.3) is 0 Å². The summed E-state index contributed by atoms with van der Waals surface area (Å²) in [5.41, 5.74) is 0. The first-order valence-electron chi connectivity index (χ1n) is 7.75. The van der Waals surface area contributed by atoms with Gasteiger partial charge in [-0.1, -0.05) is 12.1 Å². The monoisotopic (exact) mass is 348 g/mol. The minimum Gasteiger partial charge on any atom is -0.339 e. The molecular formula is C17H20N2O2S2. The highest BCUT2D eigenvalue weighted by molar-refractivity contribution is 7.10. The van der Waals surface area contributed by atoms with Crippen molar-refractivity contribution in [1.82, 2.24) is 9.80 Å². The van der Waals surface area contributed by atoms with Gasteiger partial charge in [-0.25, -0.2) is 0 Å². The quantitative estimate of drug-likeness (QED) is 0.852. The lowest BCUT2D eigenvalue weighted by atomic mass is 10.1. The molecular weight excluding hydrogens is 328 g/mol. The minimum absolute atomic E-state index is 0.0727. The third kappa shape index (κ3) is 4.00. The predicted octanol–water partition coefficient (Wildman–Crippen LogP) is 2.65. The molecule has 0 aliphatic carbocycles. The summed E-state index contributed by atoms with van der Waals surface area (Å²) in [6.07, 6.45) is 0.929. The van der Waals surface area contributed by atoms with Crippen LogP contribution in [0.3, 0.4) is 0 Å². The molecule has 122 valence electrons. The number of carbonyl (C=O) groups is 2. The summed E-state index contributed by atoms with van der Waals surface area (Å²) in [6, 6.07) is 8.00. The zero-order chi connectivity index (χ0) is 16.2. The Kier molecular flexibility index (Phi) is 5.13. The van der Waals surface area contributed by atoms with Gasteiger partial charge in [0.15, 0.2) is 0 Å². The lowest BCUT2D eigenvalue weighted by molar-refractivity contribution is -0.141. The van der Waals surface area contributed by atoms with Gasteiger partial charge >= 0.3 is 0 Å². The van der Waals surface area contributed by atoms with Crippen LogP contribution in [0.25, 0.3) is 0 Å². The highest BCUT2D eigenvalue weighted by Crippen LogP contribution is 2.17. The lowest BCUT2D eigenvalue weighted by Crippen LogP contribution is -2.56. The van der Waals surface area contributed by atoms with Crippen LogP contribution in [0, 0.1) is 0 Å². The van der Waals surface area contributed by atoms with E-state index in [1.54, 1.807) is 22.7 Å². The van der Waals surface area contributed by atoms with Crippen molar-refractivity contribution in [3.8, 4) is 0 Å². The first kappa shape index (κ1) is 16.2. The van der Waals surface area contributed by atoms with E-state index in [9.17, 15) is 9.59 Å². The molecule has 1 fully saturated rings. The molecule has 2 aromatic rings. The maximum atomic E-state index is 12.4. The van der Waals surface area contributed by atoms with Gasteiger partial charge in [-0.05, 0) is 29.8 Å². The summed E-state index contributed by atoms with van der Waals surface area (Å²) in [4.78, 5) is 30.8. The van der Waals surface area contributed by atoms with E-state index < -0.39 is 0 Å². The Morgan fingerprint density at radius 2 is 1.65 bits per heavy atom. The van der Waals surface area contributed by atoms with Crippen molar-refractivity contribution in [2.75, 3.05) is 19.6 Å². The van der Waals surface area contributed by atoms with Gasteiger partial charge in [0.05, 0.1) is 12.8 Å². The average molecular weight is 348 g/mol. The Morgan fingerprint density at radius 3 is 2.17 bits per heavy atom. The van der Waals surface area contributed by atoms with Crippen LogP contribution in [0.15, 0.2) is 35.0 Å². The fourth-order valence-electron chi connectivity index (χ4n) is 2.89. The molecule has 1 atom stereocenters. The van der Waals surface area contributed by atoms with E-state index in [1.165, 1.54) is 0 Å². The van der Waals surface area contributed by atoms with E-state index in [-0.39, 0.29) is 17.9 Å². The normalized spacial score (nSPS) is 18.2. The molecule has 2 amide bonds. The van der Waals surface area contributed by atoms with Crippen LogP contribution in [-0.4, -0.2) is 47.3 Å². The molecule has 4 nitrogen and oxygen atoms in total. The molecule has 0 N–H and O–H groups in total. The Bertz CT molecular complexity index is 652. The highest BCUT2D eigenvalue weighted by atomic mass is 32.1. The third-order valence-electron chi connectivity index (χ3n) is 4.11. The Morgan fingerprint density at radius 1 is 1.04 bits per heavy atom. The first-order valence-corrected chi connectivity index (χ1v) is 9.51. The van der Waals surface area contributed by atoms with E-state index in [1.807, 2.05) is 51.7 Å². The van der Waals surface area contributed by atoms with E-state index in [0.29, 0.717) is 32.5 Å². The number of rotatable bonds is 4. The number of nitrogens with zero attached hydrogens (tertiary/aromatic N) is 2. The van der Waals surface area contributed by atoms with E-state index in [0.717, 1.165) is 9.75 Å². The van der Waals surface area contributed by atoms with Gasteiger partial charge in [-0.2, -0.15) is 0 Å². The Labute approximate surface area is 144 Å². The number of amides is 2. The number of carbonyl (C=O) groups excluding carboxylic acids is 2. The van der Waals surface area contributed by atoms with E-state index in [4.69, 9.17) is 0 Å². The predicted molar refractivity (Wildman–Crippen MR) is 93.8 cm³/mol. The van der Waals surface area contributed by atoms with Crippen LogP contribution < -0.4 is 0 Å². The number of hydrogen-bond donors (Lipinski definition) is 0. The SMILES string of the molecule is C[C@@H]1CN(C(=O)Cc2cccs2)CCN1C(=O)Cc1cccs1. The molecule has 6 heteroatoms. The van der Waals surface area contributed by atoms with Crippen LogP contribution in [-0.2, 0) is 22.4 Å². The maximum Gasteiger partial charge on any atom is 0.228 e. The molecule has 0 unspecified atom stereocenters. The van der Waals surface area contributed by atoms with Gasteiger partial charge in [-0.3, -0.25) is 9.59 Å². The molecule has 3 rings (SSSR count). The summed E-state index contributed by atoms with van der Waals surface area (Å²) in [6.45, 7) is 3.91. The fourth-order valence-corrected chi connectivity index (χ4v) is 4.28. The first-order chi connectivity index (χ1) is 11.1. The molecule has 3 heterocycles. The summed E-state index contributed by atoms with van der Waals surface area (Å²) in [5.74, 6) is 0.315. The molecule has 0 spiro atoms. The second-order valence-corrected chi connectivity index (χ2v) is 7.85. The minimum atomic E-state index is 0.0727. The van der Waals surface area contributed by atoms with Crippen LogP contribution in [0.4, 0.5) is 0 Å². The zero-order valence-corrected chi connectivity index (χ0v) is 14.7. The summed E-state index contributed by atoms with van der Waals surface area (Å²) in [7, 11) is 0. The summed E-state index contributed by atoms with van der Waals surface area (Å²) in [5, 5.41) is 3.99. The van der Waals surface area contributed by atoms with Crippen molar-refractivity contribution in [3.63, 3.8) is 0 Å². The third-order valence-corrected chi connectivity index (χ3v) is 5.86. The molecule has 0 saturated carbocycles. The highest BCUT2D eigenvalue weighted by Gasteiger charge is 2.29. The molecule has 0 radical (unpaired) electrons. The molecule has 23 heavy (non-hydrogen) atoms. The van der Waals surface area contributed by atoms with E-state index >= 15 is 0 Å². The molecule has 1 saturated heterocycles. The molecule has 1 aliphatic rings. The Hall–Kier alpha value is -1.66. The zero-order valence-electron chi connectivity index (χ0n) is 13.1. The fraction of sp³-hybridized carbons (Fsp3) is 0.412. The van der Waals surface area contributed by atoms with Crippen molar-refractivity contribution >= 4 is 34.5 Å². The van der Waals surface area contributed by atoms with Crippen LogP contribution >= 0.6 is 22.7 Å². The van der Waals surface area contributed by atoms with Gasteiger partial charge in [-0.15, -0.1) is 22.7 Å². The van der Waals surface area contributed by atoms with Crippen LogP contribution in [0.2, 0.25) is 0 Å². The number of thiophene rings is 2.